The third-order valence-corrected chi connectivity index (χ3v) is 0. The van der Waals surface area contributed by atoms with E-state index in [0.717, 1.165) is 13.8 Å². The number of carbonyl (C=O) groups excluding carboxylic acids is 2. The van der Waals surface area contributed by atoms with Gasteiger partial charge in [-0.05, 0) is 13.8 Å². The van der Waals surface area contributed by atoms with Crippen LogP contribution in [0.3, 0.4) is 0 Å². The van der Waals surface area contributed by atoms with E-state index >= 15 is 0 Å². The van der Waals surface area contributed by atoms with Gasteiger partial charge in [0.25, 0.3) is 0 Å². The quantitative estimate of drug-likeness (QED) is 0.390. The van der Waals surface area contributed by atoms with E-state index in [1.54, 1.807) is 0 Å². The van der Waals surface area contributed by atoms with Gasteiger partial charge in [-0.3, -0.25) is 0 Å². The summed E-state index contributed by atoms with van der Waals surface area (Å²) < 4.78 is 0. The first kappa shape index (κ1) is 22.7. The van der Waals surface area contributed by atoms with Gasteiger partial charge < -0.3 is 25.3 Å². The molecule has 56 valence electrons. The third kappa shape index (κ3) is 1500. The Hall–Kier alpha value is -0.464. The maximum absolute atomic E-state index is 8.89. The minimum absolute atomic E-state index is 0. The van der Waals surface area contributed by atoms with E-state index in [1.165, 1.54) is 0 Å². The monoisotopic (exact) mass is 204 g/mol. The first-order chi connectivity index (χ1) is 3.46. The molecule has 0 aromatic rings. The maximum atomic E-state index is 8.89. The number of hydrogen-bond acceptors (Lipinski definition) is 5. The summed E-state index contributed by atoms with van der Waals surface area (Å²) in [5.41, 5.74) is 0. The summed E-state index contributed by atoms with van der Waals surface area (Å²) in [6.07, 6.45) is 0. The average Bonchev–Trinajstić information content (AvgIpc) is 1.25. The molecule has 0 aliphatic heterocycles. The van der Waals surface area contributed by atoms with Crippen LogP contribution in [-0.4, -0.2) is 37.2 Å². The Kier molecular flexibility index (Phi) is 35.9. The number of carboxylic acids is 2. The maximum Gasteiger partial charge on any atom is 3.00 e. The number of aliphatic carboxylic acids is 2. The fourth-order valence-electron chi connectivity index (χ4n) is 0. The SMILES string of the molecule is CC(=O)[O-].CC(=O)[O-].[Ga+3].[OH-]. The van der Waals surface area contributed by atoms with E-state index in [1.807, 2.05) is 0 Å². The van der Waals surface area contributed by atoms with Gasteiger partial charge in [-0.1, -0.05) is 0 Å². The van der Waals surface area contributed by atoms with Crippen LogP contribution in [-0.2, 0) is 9.59 Å². The van der Waals surface area contributed by atoms with Gasteiger partial charge in [0.2, 0.25) is 0 Å². The van der Waals surface area contributed by atoms with Crippen molar-refractivity contribution in [1.29, 1.82) is 0 Å². The normalized spacial score (nSPS) is 5.00. The molecule has 1 N–H and O–H groups in total. The van der Waals surface area contributed by atoms with Crippen LogP contribution in [0.2, 0.25) is 0 Å². The van der Waals surface area contributed by atoms with Gasteiger partial charge in [-0.2, -0.15) is 0 Å². The predicted octanol–water partition coefficient (Wildman–Crippen LogP) is -3.05. The Bertz CT molecular complexity index is 71.6. The summed E-state index contributed by atoms with van der Waals surface area (Å²) in [4.78, 5) is 17.8. The van der Waals surface area contributed by atoms with E-state index in [2.05, 4.69) is 0 Å². The second-order valence-corrected chi connectivity index (χ2v) is 0.983. The van der Waals surface area contributed by atoms with E-state index in [0.29, 0.717) is 0 Å². The molecule has 6 heteroatoms. The third-order valence-electron chi connectivity index (χ3n) is 0. The molecule has 0 saturated heterocycles. The summed E-state index contributed by atoms with van der Waals surface area (Å²) in [7, 11) is 0. The van der Waals surface area contributed by atoms with E-state index in [4.69, 9.17) is 19.8 Å². The minimum atomic E-state index is -1.08. The smallest absolute Gasteiger partial charge is 0.870 e. The van der Waals surface area contributed by atoms with Crippen molar-refractivity contribution >= 4 is 31.7 Å². The van der Waals surface area contributed by atoms with Gasteiger partial charge in [0.1, 0.15) is 0 Å². The molecule has 0 aromatic carbocycles. The fourth-order valence-corrected chi connectivity index (χ4v) is 0. The van der Waals surface area contributed by atoms with Crippen molar-refractivity contribution in [1.82, 2.24) is 0 Å². The summed E-state index contributed by atoms with van der Waals surface area (Å²) in [5, 5.41) is 17.8. The average molecular weight is 205 g/mol. The van der Waals surface area contributed by atoms with Crippen molar-refractivity contribution in [2.45, 2.75) is 13.8 Å². The Morgan fingerprint density at radius 3 is 1.00 bits per heavy atom. The van der Waals surface area contributed by atoms with E-state index < -0.39 is 11.9 Å². The van der Waals surface area contributed by atoms with E-state index in [-0.39, 0.29) is 25.3 Å². The Morgan fingerprint density at radius 2 is 1.00 bits per heavy atom. The van der Waals surface area contributed by atoms with Crippen LogP contribution < -0.4 is 10.2 Å². The molecule has 0 radical (unpaired) electrons. The summed E-state index contributed by atoms with van der Waals surface area (Å²) in [5.74, 6) is -2.17. The molecule has 5 nitrogen and oxygen atoms in total. The van der Waals surface area contributed by atoms with Crippen molar-refractivity contribution < 1.29 is 25.3 Å². The van der Waals surface area contributed by atoms with Crippen molar-refractivity contribution in [3.8, 4) is 0 Å². The molecule has 0 bridgehead atoms. The molecular weight excluding hydrogens is 198 g/mol. The zero-order valence-electron chi connectivity index (χ0n) is 5.66. The molecule has 0 spiro atoms. The first-order valence-electron chi connectivity index (χ1n) is 1.82. The molecule has 0 fully saturated rings. The van der Waals surface area contributed by atoms with Crippen LogP contribution >= 0.6 is 0 Å². The molecular formula is C4H7GaO5. The van der Waals surface area contributed by atoms with Crippen molar-refractivity contribution in [3.05, 3.63) is 0 Å². The second-order valence-electron chi connectivity index (χ2n) is 0.983. The van der Waals surface area contributed by atoms with Crippen molar-refractivity contribution in [3.63, 3.8) is 0 Å². The predicted molar refractivity (Wildman–Crippen MR) is 29.1 cm³/mol. The first-order valence-corrected chi connectivity index (χ1v) is 1.82. The van der Waals surface area contributed by atoms with Crippen LogP contribution in [0.25, 0.3) is 0 Å². The summed E-state index contributed by atoms with van der Waals surface area (Å²) in [6, 6.07) is 0. The Labute approximate surface area is 71.4 Å². The molecule has 0 aromatic heterocycles. The number of carbonyl (C=O) groups is 2. The zero-order valence-corrected chi connectivity index (χ0v) is 8.08. The molecule has 0 aliphatic rings. The Balaban J connectivity index is -0.0000000300. The largest absolute Gasteiger partial charge is 3.00 e. The van der Waals surface area contributed by atoms with Gasteiger partial charge in [0.15, 0.2) is 0 Å². The molecule has 0 rings (SSSR count). The van der Waals surface area contributed by atoms with Crippen LogP contribution in [0.4, 0.5) is 0 Å². The van der Waals surface area contributed by atoms with Gasteiger partial charge >= 0.3 is 19.8 Å². The van der Waals surface area contributed by atoms with Crippen LogP contribution in [0, 0.1) is 0 Å². The molecule has 0 aliphatic carbocycles. The number of hydrogen-bond donors (Lipinski definition) is 0. The molecule has 10 heavy (non-hydrogen) atoms. The zero-order chi connectivity index (χ0) is 7.15. The topological polar surface area (TPSA) is 110 Å². The number of carboxylic acid groups (broad SMARTS) is 2. The van der Waals surface area contributed by atoms with Gasteiger partial charge in [0.05, 0.1) is 0 Å². The number of rotatable bonds is 0. The summed E-state index contributed by atoms with van der Waals surface area (Å²) >= 11 is 0. The second kappa shape index (κ2) is 15.8. The standard InChI is InChI=1S/2C2H4O2.Ga.H2O/c2*1-2(3)4;;/h2*1H3,(H,3,4);;1H2/q;;+3;/p-3. The van der Waals surface area contributed by atoms with Crippen molar-refractivity contribution in [2.75, 3.05) is 0 Å². The minimum Gasteiger partial charge on any atom is -0.870 e. The van der Waals surface area contributed by atoms with Gasteiger partial charge in [0, 0.05) is 11.9 Å². The molecule has 0 heterocycles. The van der Waals surface area contributed by atoms with Gasteiger partial charge in [-0.15, -0.1) is 0 Å². The molecule has 0 atom stereocenters. The van der Waals surface area contributed by atoms with Crippen molar-refractivity contribution in [2.24, 2.45) is 0 Å². The van der Waals surface area contributed by atoms with Crippen LogP contribution in [0.5, 0.6) is 0 Å². The van der Waals surface area contributed by atoms with Crippen LogP contribution in [0.15, 0.2) is 0 Å². The molecule has 0 unspecified atom stereocenters. The van der Waals surface area contributed by atoms with Crippen LogP contribution in [0.1, 0.15) is 13.8 Å². The van der Waals surface area contributed by atoms with Gasteiger partial charge in [-0.25, -0.2) is 0 Å². The Morgan fingerprint density at radius 1 is 1.00 bits per heavy atom. The fraction of sp³-hybridized carbons (Fsp3) is 0.500. The molecule has 0 saturated carbocycles. The summed E-state index contributed by atoms with van der Waals surface area (Å²) in [6.45, 7) is 1.94. The van der Waals surface area contributed by atoms with E-state index in [9.17, 15) is 0 Å². The molecule has 0 amide bonds.